The SMILES string of the molecule is CC(CN(C)C)CN1C2CCCCC2SC2CCCCC21. The molecule has 5 atom stereocenters. The minimum absolute atomic E-state index is 0.799. The van der Waals surface area contributed by atoms with E-state index in [1.807, 2.05) is 0 Å². The summed E-state index contributed by atoms with van der Waals surface area (Å²) in [6.07, 6.45) is 11.8. The molecule has 0 aromatic heterocycles. The molecule has 0 amide bonds. The third kappa shape index (κ3) is 3.79. The van der Waals surface area contributed by atoms with Gasteiger partial charge in [-0.25, -0.2) is 0 Å². The van der Waals surface area contributed by atoms with Crippen LogP contribution in [0, 0.1) is 5.92 Å². The number of thioether (sulfide) groups is 1. The van der Waals surface area contributed by atoms with Crippen LogP contribution in [0.5, 0.6) is 0 Å². The quantitative estimate of drug-likeness (QED) is 0.778. The molecule has 1 saturated heterocycles. The van der Waals surface area contributed by atoms with E-state index >= 15 is 0 Å². The van der Waals surface area contributed by atoms with Crippen molar-refractivity contribution in [1.29, 1.82) is 0 Å². The van der Waals surface area contributed by atoms with E-state index in [0.717, 1.165) is 28.5 Å². The summed E-state index contributed by atoms with van der Waals surface area (Å²) in [5, 5.41) is 1.90. The van der Waals surface area contributed by atoms with Crippen LogP contribution in [0.4, 0.5) is 0 Å². The lowest BCUT2D eigenvalue weighted by atomic mass is 9.86. The Balaban J connectivity index is 1.71. The molecule has 5 unspecified atom stereocenters. The molecule has 3 fully saturated rings. The van der Waals surface area contributed by atoms with E-state index in [-0.39, 0.29) is 0 Å². The number of fused-ring (bicyclic) bond motifs is 2. The highest BCUT2D eigenvalue weighted by molar-refractivity contribution is 8.00. The van der Waals surface area contributed by atoms with Crippen molar-refractivity contribution >= 4 is 11.8 Å². The van der Waals surface area contributed by atoms with Gasteiger partial charge in [0, 0.05) is 35.7 Å². The van der Waals surface area contributed by atoms with Crippen molar-refractivity contribution in [2.75, 3.05) is 27.2 Å². The zero-order valence-electron chi connectivity index (χ0n) is 14.3. The summed E-state index contributed by atoms with van der Waals surface area (Å²) < 4.78 is 0. The van der Waals surface area contributed by atoms with Crippen molar-refractivity contribution in [3.63, 3.8) is 0 Å². The minimum Gasteiger partial charge on any atom is -0.309 e. The summed E-state index contributed by atoms with van der Waals surface area (Å²) in [6.45, 7) is 5.02. The first-order chi connectivity index (χ1) is 10.1. The second-order valence-corrected chi connectivity index (χ2v) is 9.46. The fraction of sp³-hybridized carbons (Fsp3) is 1.00. The van der Waals surface area contributed by atoms with Crippen molar-refractivity contribution in [2.45, 2.75) is 80.9 Å². The van der Waals surface area contributed by atoms with Gasteiger partial charge in [0.05, 0.1) is 0 Å². The molecule has 0 N–H and O–H groups in total. The topological polar surface area (TPSA) is 6.48 Å². The van der Waals surface area contributed by atoms with E-state index in [9.17, 15) is 0 Å². The molecular formula is C18H34N2S. The highest BCUT2D eigenvalue weighted by Gasteiger charge is 2.44. The third-order valence-corrected chi connectivity index (χ3v) is 7.54. The Kier molecular flexibility index (Phi) is 5.55. The molecule has 21 heavy (non-hydrogen) atoms. The minimum atomic E-state index is 0.799. The van der Waals surface area contributed by atoms with Crippen molar-refractivity contribution in [1.82, 2.24) is 9.80 Å². The zero-order valence-corrected chi connectivity index (χ0v) is 15.1. The van der Waals surface area contributed by atoms with Crippen LogP contribution in [-0.4, -0.2) is 59.6 Å². The second kappa shape index (κ2) is 7.23. The van der Waals surface area contributed by atoms with Crippen molar-refractivity contribution in [3.05, 3.63) is 0 Å². The first-order valence-corrected chi connectivity index (χ1v) is 10.2. The van der Waals surface area contributed by atoms with Crippen LogP contribution >= 0.6 is 11.8 Å². The Bertz CT molecular complexity index is 311. The first kappa shape index (κ1) is 16.1. The average Bonchev–Trinajstić information content (AvgIpc) is 2.46. The lowest BCUT2D eigenvalue weighted by Crippen LogP contribution is -2.59. The van der Waals surface area contributed by atoms with Gasteiger partial charge in [0.1, 0.15) is 0 Å². The Labute approximate surface area is 136 Å². The lowest BCUT2D eigenvalue weighted by Gasteiger charge is -2.54. The van der Waals surface area contributed by atoms with Crippen LogP contribution in [0.15, 0.2) is 0 Å². The van der Waals surface area contributed by atoms with Gasteiger partial charge in [-0.05, 0) is 45.7 Å². The third-order valence-electron chi connectivity index (χ3n) is 5.74. The Morgan fingerprint density at radius 3 is 2.00 bits per heavy atom. The summed E-state index contributed by atoms with van der Waals surface area (Å²) in [7, 11) is 4.44. The van der Waals surface area contributed by atoms with Crippen molar-refractivity contribution in [2.24, 2.45) is 5.92 Å². The van der Waals surface area contributed by atoms with Crippen LogP contribution in [0.1, 0.15) is 58.3 Å². The molecule has 0 radical (unpaired) electrons. The molecule has 3 heteroatoms. The summed E-state index contributed by atoms with van der Waals surface area (Å²) in [5.74, 6) is 0.799. The second-order valence-electron chi connectivity index (χ2n) is 7.98. The number of hydrogen-bond acceptors (Lipinski definition) is 3. The van der Waals surface area contributed by atoms with Gasteiger partial charge in [-0.3, -0.25) is 4.90 Å². The smallest absolute Gasteiger partial charge is 0.0218 e. The number of nitrogens with zero attached hydrogens (tertiary/aromatic N) is 2. The maximum Gasteiger partial charge on any atom is 0.0218 e. The van der Waals surface area contributed by atoms with Crippen LogP contribution in [0.25, 0.3) is 0 Å². The van der Waals surface area contributed by atoms with Gasteiger partial charge in [0.25, 0.3) is 0 Å². The molecule has 2 nitrogen and oxygen atoms in total. The monoisotopic (exact) mass is 310 g/mol. The molecule has 1 heterocycles. The van der Waals surface area contributed by atoms with Gasteiger partial charge in [-0.15, -0.1) is 0 Å². The van der Waals surface area contributed by atoms with E-state index < -0.39 is 0 Å². The molecule has 0 bridgehead atoms. The van der Waals surface area contributed by atoms with E-state index in [2.05, 4.69) is 42.6 Å². The zero-order chi connectivity index (χ0) is 14.8. The Morgan fingerprint density at radius 1 is 0.952 bits per heavy atom. The molecule has 0 aromatic carbocycles. The predicted molar refractivity (Wildman–Crippen MR) is 94.1 cm³/mol. The van der Waals surface area contributed by atoms with Gasteiger partial charge in [-0.2, -0.15) is 11.8 Å². The van der Waals surface area contributed by atoms with Crippen LogP contribution in [0.2, 0.25) is 0 Å². The highest BCUT2D eigenvalue weighted by Crippen LogP contribution is 2.46. The summed E-state index contributed by atoms with van der Waals surface area (Å²) >= 11 is 2.39. The van der Waals surface area contributed by atoms with E-state index in [1.54, 1.807) is 0 Å². The first-order valence-electron chi connectivity index (χ1n) is 9.21. The van der Waals surface area contributed by atoms with E-state index in [4.69, 9.17) is 0 Å². The van der Waals surface area contributed by atoms with Gasteiger partial charge in [0.2, 0.25) is 0 Å². The fourth-order valence-electron chi connectivity index (χ4n) is 5.01. The largest absolute Gasteiger partial charge is 0.309 e. The Hall–Kier alpha value is 0.270. The molecule has 3 rings (SSSR count). The van der Waals surface area contributed by atoms with Crippen molar-refractivity contribution < 1.29 is 0 Å². The molecule has 0 aromatic rings. The van der Waals surface area contributed by atoms with Crippen molar-refractivity contribution in [3.8, 4) is 0 Å². The highest BCUT2D eigenvalue weighted by atomic mass is 32.2. The number of hydrogen-bond donors (Lipinski definition) is 0. The Morgan fingerprint density at radius 2 is 1.48 bits per heavy atom. The summed E-state index contributed by atoms with van der Waals surface area (Å²) in [6, 6.07) is 1.79. The fourth-order valence-corrected chi connectivity index (χ4v) is 7.02. The summed E-state index contributed by atoms with van der Waals surface area (Å²) in [5.41, 5.74) is 0. The van der Waals surface area contributed by atoms with Crippen LogP contribution in [-0.2, 0) is 0 Å². The molecule has 1 aliphatic heterocycles. The average molecular weight is 311 g/mol. The molecule has 122 valence electrons. The maximum atomic E-state index is 3.00. The summed E-state index contributed by atoms with van der Waals surface area (Å²) in [4.78, 5) is 5.36. The lowest BCUT2D eigenvalue weighted by molar-refractivity contribution is 0.0593. The van der Waals surface area contributed by atoms with Gasteiger partial charge in [-0.1, -0.05) is 32.6 Å². The predicted octanol–water partition coefficient (Wildman–Crippen LogP) is 3.86. The van der Waals surface area contributed by atoms with Crippen LogP contribution in [0.3, 0.4) is 0 Å². The van der Waals surface area contributed by atoms with Gasteiger partial charge in [0.15, 0.2) is 0 Å². The molecule has 2 saturated carbocycles. The number of rotatable bonds is 4. The molecular weight excluding hydrogens is 276 g/mol. The molecule has 2 aliphatic carbocycles. The van der Waals surface area contributed by atoms with Crippen LogP contribution < -0.4 is 0 Å². The van der Waals surface area contributed by atoms with E-state index in [0.29, 0.717) is 0 Å². The molecule has 3 aliphatic rings. The standard InChI is InChI=1S/C18H34N2S/c1-14(12-19(2)3)13-20-15-8-4-6-10-17(15)21-18-11-7-5-9-16(18)20/h14-18H,4-13H2,1-3H3. The van der Waals surface area contributed by atoms with Gasteiger partial charge < -0.3 is 4.90 Å². The van der Waals surface area contributed by atoms with E-state index in [1.165, 1.54) is 64.5 Å². The molecule has 0 spiro atoms. The van der Waals surface area contributed by atoms with Gasteiger partial charge >= 0.3 is 0 Å². The maximum absolute atomic E-state index is 3.00. The normalized spacial score (nSPS) is 38.9.